The van der Waals surface area contributed by atoms with Crippen LogP contribution in [0.2, 0.25) is 0 Å². The fourth-order valence-electron chi connectivity index (χ4n) is 6.22. The lowest BCUT2D eigenvalue weighted by atomic mass is 10.0. The van der Waals surface area contributed by atoms with Crippen LogP contribution in [-0.2, 0) is 13.9 Å². The molecule has 2 atom stereocenters. The highest BCUT2D eigenvalue weighted by atomic mass is 31.2. The number of amides is 1. The minimum absolute atomic E-state index is 0.227. The van der Waals surface area contributed by atoms with E-state index < -0.39 is 26.6 Å². The zero-order chi connectivity index (χ0) is 36.1. The van der Waals surface area contributed by atoms with Crippen LogP contribution in [0, 0.1) is 0 Å². The van der Waals surface area contributed by atoms with E-state index in [1.165, 1.54) is 154 Å². The molecule has 0 saturated carbocycles. The highest BCUT2D eigenvalue weighted by molar-refractivity contribution is 7.46. The zero-order valence-corrected chi connectivity index (χ0v) is 33.0. The van der Waals surface area contributed by atoms with Gasteiger partial charge in [-0.05, 0) is 44.9 Å². The van der Waals surface area contributed by atoms with Crippen molar-refractivity contribution in [1.82, 2.24) is 5.32 Å². The third kappa shape index (κ3) is 38.1. The van der Waals surface area contributed by atoms with Gasteiger partial charge in [-0.15, -0.1) is 0 Å². The number of aliphatic hydroxyl groups is 1. The lowest BCUT2D eigenvalue weighted by Crippen LogP contribution is -2.45. The molecule has 1 amide bonds. The van der Waals surface area contributed by atoms with Crippen molar-refractivity contribution < 1.29 is 28.8 Å². The summed E-state index contributed by atoms with van der Waals surface area (Å²) in [7, 11) is -4.71. The Bertz CT molecular complexity index is 814. The van der Waals surface area contributed by atoms with Crippen LogP contribution < -0.4 is 5.32 Å². The van der Waals surface area contributed by atoms with E-state index in [4.69, 9.17) is 9.79 Å². The smallest absolute Gasteiger partial charge is 0.387 e. The summed E-state index contributed by atoms with van der Waals surface area (Å²) in [5.41, 5.74) is 0. The van der Waals surface area contributed by atoms with Gasteiger partial charge in [0.25, 0.3) is 0 Å². The van der Waals surface area contributed by atoms with Gasteiger partial charge in [-0.3, -0.25) is 9.32 Å². The largest absolute Gasteiger partial charge is 0.469 e. The molecule has 0 aromatic rings. The first kappa shape index (κ1) is 48.0. The van der Waals surface area contributed by atoms with E-state index in [0.717, 1.165) is 38.5 Å². The van der Waals surface area contributed by atoms with Crippen molar-refractivity contribution in [2.24, 2.45) is 0 Å². The Morgan fingerprint density at radius 3 is 1.31 bits per heavy atom. The molecular formula is C41H80NO6P. The second-order valence-electron chi connectivity index (χ2n) is 14.3. The highest BCUT2D eigenvalue weighted by Gasteiger charge is 2.24. The van der Waals surface area contributed by atoms with Crippen molar-refractivity contribution in [3.63, 3.8) is 0 Å². The van der Waals surface area contributed by atoms with Gasteiger partial charge in [-0.25, -0.2) is 4.57 Å². The first-order valence-electron chi connectivity index (χ1n) is 20.8. The van der Waals surface area contributed by atoms with Gasteiger partial charge in [-0.2, -0.15) is 0 Å². The average Bonchev–Trinajstić information content (AvgIpc) is 3.07. The maximum Gasteiger partial charge on any atom is 0.469 e. The number of aliphatic hydroxyl groups excluding tert-OH is 1. The number of unbranched alkanes of at least 4 members (excludes halogenated alkanes) is 27. The van der Waals surface area contributed by atoms with Crippen LogP contribution in [0.4, 0.5) is 0 Å². The van der Waals surface area contributed by atoms with Gasteiger partial charge < -0.3 is 20.2 Å². The molecule has 0 aliphatic heterocycles. The summed E-state index contributed by atoms with van der Waals surface area (Å²) in [5, 5.41) is 13.4. The molecule has 0 spiro atoms. The molecule has 0 radical (unpaired) electrons. The molecule has 0 fully saturated rings. The molecule has 8 heteroatoms. The standard InChI is InChI=1S/C41H80NO6P/c1-3-5-7-9-11-13-15-17-18-19-20-21-22-23-24-25-27-29-31-33-35-37-41(44)42-39(38-48-49(45,46)47)40(43)36-34-32-30-28-26-16-14-12-10-8-6-4-2/h17-18,34,36,39-40,43H,3-16,19-33,35,37-38H2,1-2H3,(H,42,44)(H2,45,46,47)/b18-17-,36-34+/t39-,40+/m0/s1. The summed E-state index contributed by atoms with van der Waals surface area (Å²) in [4.78, 5) is 30.8. The second-order valence-corrected chi connectivity index (χ2v) is 15.5. The molecule has 4 N–H and O–H groups in total. The summed E-state index contributed by atoms with van der Waals surface area (Å²) in [6.45, 7) is 4.06. The molecule has 0 aliphatic rings. The van der Waals surface area contributed by atoms with Crippen LogP contribution in [0.15, 0.2) is 24.3 Å². The van der Waals surface area contributed by atoms with E-state index in [1.807, 2.05) is 6.08 Å². The summed E-state index contributed by atoms with van der Waals surface area (Å²) in [6, 6.07) is -0.907. The third-order valence-electron chi connectivity index (χ3n) is 9.40. The molecule has 7 nitrogen and oxygen atoms in total. The number of hydrogen-bond acceptors (Lipinski definition) is 4. The molecule has 0 aliphatic carbocycles. The number of phosphoric ester groups is 1. The van der Waals surface area contributed by atoms with Gasteiger partial charge in [-0.1, -0.05) is 186 Å². The van der Waals surface area contributed by atoms with Crippen molar-refractivity contribution >= 4 is 13.7 Å². The molecule has 0 bridgehead atoms. The zero-order valence-electron chi connectivity index (χ0n) is 32.1. The summed E-state index contributed by atoms with van der Waals surface area (Å²) in [5.74, 6) is -0.227. The van der Waals surface area contributed by atoms with Crippen LogP contribution in [-0.4, -0.2) is 39.6 Å². The molecule has 290 valence electrons. The lowest BCUT2D eigenvalue weighted by molar-refractivity contribution is -0.123. The van der Waals surface area contributed by atoms with Crippen molar-refractivity contribution in [3.05, 3.63) is 24.3 Å². The van der Waals surface area contributed by atoms with E-state index in [2.05, 4.69) is 35.8 Å². The van der Waals surface area contributed by atoms with E-state index >= 15 is 0 Å². The van der Waals surface area contributed by atoms with E-state index in [1.54, 1.807) is 6.08 Å². The molecule has 0 saturated heterocycles. The normalized spacial score (nSPS) is 13.5. The van der Waals surface area contributed by atoms with Crippen LogP contribution >= 0.6 is 7.82 Å². The summed E-state index contributed by atoms with van der Waals surface area (Å²) >= 11 is 0. The molecule has 0 unspecified atom stereocenters. The van der Waals surface area contributed by atoms with Crippen LogP contribution in [0.25, 0.3) is 0 Å². The number of allylic oxidation sites excluding steroid dienone is 3. The Morgan fingerprint density at radius 1 is 0.571 bits per heavy atom. The highest BCUT2D eigenvalue weighted by Crippen LogP contribution is 2.35. The van der Waals surface area contributed by atoms with Crippen molar-refractivity contribution in [3.8, 4) is 0 Å². The Hall–Kier alpha value is -0.980. The van der Waals surface area contributed by atoms with Gasteiger partial charge in [0.1, 0.15) is 0 Å². The Kier molecular flexibility index (Phi) is 36.1. The summed E-state index contributed by atoms with van der Waals surface area (Å²) < 4.78 is 15.9. The molecular weight excluding hydrogens is 633 g/mol. The van der Waals surface area contributed by atoms with E-state index in [-0.39, 0.29) is 5.91 Å². The topological polar surface area (TPSA) is 116 Å². The number of carbonyl (C=O) groups is 1. The maximum atomic E-state index is 12.6. The Balaban J connectivity index is 3.90. The number of rotatable bonds is 38. The van der Waals surface area contributed by atoms with E-state index in [9.17, 15) is 14.5 Å². The van der Waals surface area contributed by atoms with Crippen LogP contribution in [0.3, 0.4) is 0 Å². The SMILES string of the molecule is CCCCCCCC/C=C\CCCCCCCCCCCCCC(=O)N[C@@H](COP(=O)(O)O)[C@H](O)/C=C/CCCCCCCCCCCC. The molecule has 0 rings (SSSR count). The number of phosphoric acid groups is 1. The van der Waals surface area contributed by atoms with Gasteiger partial charge >= 0.3 is 7.82 Å². The lowest BCUT2D eigenvalue weighted by Gasteiger charge is -2.22. The van der Waals surface area contributed by atoms with Gasteiger partial charge in [0.2, 0.25) is 5.91 Å². The van der Waals surface area contributed by atoms with Gasteiger partial charge in [0.05, 0.1) is 18.8 Å². The van der Waals surface area contributed by atoms with Crippen molar-refractivity contribution in [2.75, 3.05) is 6.61 Å². The van der Waals surface area contributed by atoms with Gasteiger partial charge in [0, 0.05) is 6.42 Å². The monoisotopic (exact) mass is 714 g/mol. The second kappa shape index (κ2) is 36.8. The van der Waals surface area contributed by atoms with Crippen LogP contribution in [0.5, 0.6) is 0 Å². The first-order valence-corrected chi connectivity index (χ1v) is 22.3. The number of carbonyl (C=O) groups excluding carboxylic acids is 1. The number of nitrogens with one attached hydrogen (secondary N) is 1. The maximum absolute atomic E-state index is 12.6. The van der Waals surface area contributed by atoms with Crippen molar-refractivity contribution in [1.29, 1.82) is 0 Å². The summed E-state index contributed by atoms with van der Waals surface area (Å²) in [6.07, 6.45) is 44.9. The Morgan fingerprint density at radius 2 is 0.918 bits per heavy atom. The third-order valence-corrected chi connectivity index (χ3v) is 9.89. The molecule has 0 aromatic heterocycles. The average molecular weight is 714 g/mol. The molecule has 49 heavy (non-hydrogen) atoms. The first-order chi connectivity index (χ1) is 23.8. The van der Waals surface area contributed by atoms with Gasteiger partial charge in [0.15, 0.2) is 0 Å². The predicted octanol–water partition coefficient (Wildman–Crippen LogP) is 12.2. The Labute approximate surface area is 303 Å². The van der Waals surface area contributed by atoms with Crippen molar-refractivity contribution in [2.45, 2.75) is 225 Å². The molecule has 0 aromatic carbocycles. The fourth-order valence-corrected chi connectivity index (χ4v) is 6.57. The number of hydrogen-bond donors (Lipinski definition) is 4. The van der Waals surface area contributed by atoms with E-state index in [0.29, 0.717) is 6.42 Å². The fraction of sp³-hybridized carbons (Fsp3) is 0.878. The predicted molar refractivity (Wildman–Crippen MR) is 209 cm³/mol. The van der Waals surface area contributed by atoms with Crippen LogP contribution in [0.1, 0.15) is 213 Å². The minimum atomic E-state index is -4.71. The quantitative estimate of drug-likeness (QED) is 0.0287. The minimum Gasteiger partial charge on any atom is -0.387 e. The molecule has 0 heterocycles.